The Balaban J connectivity index is 2.02. The first-order valence-electron chi connectivity index (χ1n) is 8.12. The summed E-state index contributed by atoms with van der Waals surface area (Å²) in [5.74, 6) is -0.431. The van der Waals surface area contributed by atoms with Gasteiger partial charge in [0.15, 0.2) is 0 Å². The zero-order valence-corrected chi connectivity index (χ0v) is 15.9. The van der Waals surface area contributed by atoms with Crippen molar-refractivity contribution in [3.63, 3.8) is 0 Å². The third-order valence-electron chi connectivity index (χ3n) is 3.60. The average Bonchev–Trinajstić information content (AvgIpc) is 2.52. The number of hydrogen-bond donors (Lipinski definition) is 0. The maximum atomic E-state index is 12.4. The van der Waals surface area contributed by atoms with Crippen LogP contribution >= 0.6 is 0 Å². The number of alkyl halides is 3. The van der Waals surface area contributed by atoms with Crippen molar-refractivity contribution in [3.05, 3.63) is 24.3 Å². The van der Waals surface area contributed by atoms with Gasteiger partial charge in [0.1, 0.15) is 11.4 Å². The van der Waals surface area contributed by atoms with Crippen molar-refractivity contribution in [3.8, 4) is 5.75 Å². The van der Waals surface area contributed by atoms with Crippen molar-refractivity contribution < 1.29 is 35.3 Å². The number of ether oxygens (including phenoxy) is 1. The lowest BCUT2D eigenvalue weighted by Gasteiger charge is -2.36. The van der Waals surface area contributed by atoms with Gasteiger partial charge in [-0.1, -0.05) is 6.07 Å². The Labute approximate surface area is 155 Å². The summed E-state index contributed by atoms with van der Waals surface area (Å²) in [6.45, 7) is 6.84. The summed E-state index contributed by atoms with van der Waals surface area (Å²) in [6, 6.07) is 5.36. The first kappa shape index (κ1) is 21.1. The molecule has 1 aliphatic rings. The molecule has 0 spiro atoms. The van der Waals surface area contributed by atoms with E-state index in [1.165, 1.54) is 17.0 Å². The van der Waals surface area contributed by atoms with Crippen LogP contribution in [0, 0.1) is 0 Å². The standard InChI is InChI=1S/C16H21F3N2O5S/c1-15(2,3)25-14(22)21-9-7-20(8-10-21)12-5-4-6-13(11-12)26-27(23,24)16(17,18)19/h4-6,11H,7-10H2,1-3H3. The van der Waals surface area contributed by atoms with Gasteiger partial charge in [-0.3, -0.25) is 0 Å². The van der Waals surface area contributed by atoms with E-state index in [2.05, 4.69) is 4.18 Å². The Bertz CT molecular complexity index is 782. The third kappa shape index (κ3) is 5.65. The zero-order valence-electron chi connectivity index (χ0n) is 15.1. The van der Waals surface area contributed by atoms with E-state index in [-0.39, 0.29) is 0 Å². The van der Waals surface area contributed by atoms with Crippen LogP contribution in [-0.2, 0) is 14.9 Å². The molecule has 152 valence electrons. The molecule has 1 amide bonds. The Morgan fingerprint density at radius 2 is 1.67 bits per heavy atom. The quantitative estimate of drug-likeness (QED) is 0.563. The van der Waals surface area contributed by atoms with E-state index in [9.17, 15) is 26.4 Å². The number of piperazine rings is 1. The highest BCUT2D eigenvalue weighted by Crippen LogP contribution is 2.29. The minimum Gasteiger partial charge on any atom is -0.444 e. The van der Waals surface area contributed by atoms with E-state index in [4.69, 9.17) is 4.74 Å². The zero-order chi connectivity index (χ0) is 20.5. The van der Waals surface area contributed by atoms with Crippen LogP contribution in [0.1, 0.15) is 20.8 Å². The second kappa shape index (κ2) is 7.45. The summed E-state index contributed by atoms with van der Waals surface area (Å²) < 4.78 is 69.0. The van der Waals surface area contributed by atoms with Gasteiger partial charge in [0.25, 0.3) is 0 Å². The fraction of sp³-hybridized carbons (Fsp3) is 0.562. The van der Waals surface area contributed by atoms with Gasteiger partial charge in [0.2, 0.25) is 0 Å². The van der Waals surface area contributed by atoms with Gasteiger partial charge in [0.05, 0.1) is 0 Å². The minimum absolute atomic E-state index is 0.362. The molecule has 1 aliphatic heterocycles. The summed E-state index contributed by atoms with van der Waals surface area (Å²) in [7, 11) is -5.72. The maximum Gasteiger partial charge on any atom is 0.534 e. The van der Waals surface area contributed by atoms with Gasteiger partial charge in [-0.05, 0) is 32.9 Å². The van der Waals surface area contributed by atoms with Crippen LogP contribution in [0.4, 0.5) is 23.7 Å². The highest BCUT2D eigenvalue weighted by Gasteiger charge is 2.48. The van der Waals surface area contributed by atoms with Crippen molar-refractivity contribution >= 4 is 21.9 Å². The second-order valence-corrected chi connectivity index (χ2v) is 8.47. The van der Waals surface area contributed by atoms with E-state index < -0.39 is 33.1 Å². The molecule has 1 heterocycles. The number of amides is 1. The molecular formula is C16H21F3N2O5S. The molecule has 0 radical (unpaired) electrons. The first-order chi connectivity index (χ1) is 12.3. The first-order valence-corrected chi connectivity index (χ1v) is 9.53. The maximum absolute atomic E-state index is 12.4. The molecule has 0 aliphatic carbocycles. The molecule has 11 heteroatoms. The summed E-state index contributed by atoms with van der Waals surface area (Å²) in [5.41, 5.74) is -5.61. The van der Waals surface area contributed by atoms with Crippen LogP contribution in [0.2, 0.25) is 0 Å². The predicted molar refractivity (Wildman–Crippen MR) is 92.1 cm³/mol. The predicted octanol–water partition coefficient (Wildman–Crippen LogP) is 2.97. The Hall–Kier alpha value is -2.17. The third-order valence-corrected chi connectivity index (χ3v) is 4.58. The highest BCUT2D eigenvalue weighted by molar-refractivity contribution is 7.88. The number of carbonyl (C=O) groups is 1. The van der Waals surface area contributed by atoms with Crippen molar-refractivity contribution in [2.75, 3.05) is 31.1 Å². The van der Waals surface area contributed by atoms with Crippen LogP contribution in [-0.4, -0.2) is 56.7 Å². The molecule has 0 saturated carbocycles. The van der Waals surface area contributed by atoms with Gasteiger partial charge >= 0.3 is 21.7 Å². The molecule has 0 unspecified atom stereocenters. The number of rotatable bonds is 3. The molecule has 0 N–H and O–H groups in total. The van der Waals surface area contributed by atoms with Crippen LogP contribution < -0.4 is 9.08 Å². The van der Waals surface area contributed by atoms with Crippen LogP contribution in [0.3, 0.4) is 0 Å². The fourth-order valence-electron chi connectivity index (χ4n) is 2.38. The molecular weight excluding hydrogens is 389 g/mol. The molecule has 0 aromatic heterocycles. The Morgan fingerprint density at radius 1 is 1.07 bits per heavy atom. The molecule has 2 rings (SSSR count). The van der Waals surface area contributed by atoms with Crippen LogP contribution in [0.15, 0.2) is 24.3 Å². The van der Waals surface area contributed by atoms with E-state index in [0.29, 0.717) is 31.9 Å². The SMILES string of the molecule is CC(C)(C)OC(=O)N1CCN(c2cccc(OS(=O)(=O)C(F)(F)F)c2)CC1. The molecule has 0 bridgehead atoms. The van der Waals surface area contributed by atoms with E-state index in [0.717, 1.165) is 6.07 Å². The van der Waals surface area contributed by atoms with Gasteiger partial charge < -0.3 is 18.7 Å². The Morgan fingerprint density at radius 3 is 2.19 bits per heavy atom. The summed E-state index contributed by atoms with van der Waals surface area (Å²) in [4.78, 5) is 15.4. The molecule has 1 fully saturated rings. The number of anilines is 1. The molecule has 1 aromatic carbocycles. The molecule has 0 atom stereocenters. The minimum atomic E-state index is -5.72. The second-order valence-electron chi connectivity index (χ2n) is 6.93. The lowest BCUT2D eigenvalue weighted by Crippen LogP contribution is -2.50. The summed E-state index contributed by atoms with van der Waals surface area (Å²) in [6.07, 6.45) is -0.435. The number of benzene rings is 1. The van der Waals surface area contributed by atoms with Crippen LogP contribution in [0.25, 0.3) is 0 Å². The normalized spacial score (nSPS) is 16.2. The number of carbonyl (C=O) groups excluding carboxylic acids is 1. The number of hydrogen-bond acceptors (Lipinski definition) is 6. The molecule has 1 saturated heterocycles. The smallest absolute Gasteiger partial charge is 0.444 e. The Kier molecular flexibility index (Phi) is 5.83. The molecule has 1 aromatic rings. The summed E-state index contributed by atoms with van der Waals surface area (Å²) in [5, 5.41) is 0. The van der Waals surface area contributed by atoms with Crippen molar-refractivity contribution in [2.45, 2.75) is 31.9 Å². The molecule has 7 nitrogen and oxygen atoms in total. The van der Waals surface area contributed by atoms with Gasteiger partial charge in [-0.25, -0.2) is 4.79 Å². The van der Waals surface area contributed by atoms with E-state index >= 15 is 0 Å². The van der Waals surface area contributed by atoms with E-state index in [1.54, 1.807) is 26.8 Å². The monoisotopic (exact) mass is 410 g/mol. The van der Waals surface area contributed by atoms with Gasteiger partial charge in [-0.2, -0.15) is 21.6 Å². The van der Waals surface area contributed by atoms with Crippen LogP contribution in [0.5, 0.6) is 5.75 Å². The molecule has 27 heavy (non-hydrogen) atoms. The highest BCUT2D eigenvalue weighted by atomic mass is 32.2. The van der Waals surface area contributed by atoms with Gasteiger partial charge in [-0.15, -0.1) is 0 Å². The lowest BCUT2D eigenvalue weighted by molar-refractivity contribution is -0.0500. The summed E-state index contributed by atoms with van der Waals surface area (Å²) >= 11 is 0. The van der Waals surface area contributed by atoms with Crippen molar-refractivity contribution in [1.82, 2.24) is 4.90 Å². The van der Waals surface area contributed by atoms with Crippen molar-refractivity contribution in [2.24, 2.45) is 0 Å². The topological polar surface area (TPSA) is 76.2 Å². The van der Waals surface area contributed by atoms with E-state index in [1.807, 2.05) is 4.90 Å². The van der Waals surface area contributed by atoms with Crippen molar-refractivity contribution in [1.29, 1.82) is 0 Å². The average molecular weight is 410 g/mol. The number of nitrogens with zero attached hydrogens (tertiary/aromatic N) is 2. The largest absolute Gasteiger partial charge is 0.534 e. The van der Waals surface area contributed by atoms with Gasteiger partial charge in [0, 0.05) is 37.9 Å². The number of halogens is 3. The lowest BCUT2D eigenvalue weighted by atomic mass is 10.2. The fourth-order valence-corrected chi connectivity index (χ4v) is 2.83.